The van der Waals surface area contributed by atoms with Crippen LogP contribution in [0.15, 0.2) is 30.3 Å². The van der Waals surface area contributed by atoms with Gasteiger partial charge in [-0.15, -0.1) is 0 Å². The summed E-state index contributed by atoms with van der Waals surface area (Å²) in [4.78, 5) is 98.5. The average molecular weight is 589 g/mol. The van der Waals surface area contributed by atoms with Gasteiger partial charge in [0, 0.05) is 26.3 Å². The number of carbonyl (C=O) groups is 8. The number of benzene rings is 1. The third-order valence-corrected chi connectivity index (χ3v) is 6.02. The van der Waals surface area contributed by atoms with Gasteiger partial charge in [0.25, 0.3) is 0 Å². The van der Waals surface area contributed by atoms with E-state index in [0.717, 1.165) is 0 Å². The van der Waals surface area contributed by atoms with Gasteiger partial charge in [-0.05, 0) is 18.4 Å². The van der Waals surface area contributed by atoms with Crippen molar-refractivity contribution in [2.24, 2.45) is 5.73 Å². The zero-order valence-electron chi connectivity index (χ0n) is 23.1. The van der Waals surface area contributed by atoms with Crippen LogP contribution < -0.4 is 43.0 Å². The third kappa shape index (κ3) is 12.4. The quantitative estimate of drug-likeness (QED) is 0.162. The van der Waals surface area contributed by atoms with Crippen molar-refractivity contribution in [1.29, 1.82) is 0 Å². The van der Waals surface area contributed by atoms with Gasteiger partial charge in [0.15, 0.2) is 0 Å². The molecule has 228 valence electrons. The Kier molecular flexibility index (Phi) is 13.4. The van der Waals surface area contributed by atoms with Crippen LogP contribution in [-0.2, 0) is 44.8 Å². The molecule has 1 aromatic rings. The van der Waals surface area contributed by atoms with E-state index >= 15 is 0 Å². The lowest BCUT2D eigenvalue weighted by Crippen LogP contribution is -2.54. The van der Waals surface area contributed by atoms with Crippen molar-refractivity contribution in [3.8, 4) is 0 Å². The fourth-order valence-corrected chi connectivity index (χ4v) is 3.86. The maximum Gasteiger partial charge on any atom is 0.243 e. The Hall–Kier alpha value is -5.02. The van der Waals surface area contributed by atoms with Gasteiger partial charge in [-0.25, -0.2) is 0 Å². The minimum Gasteiger partial charge on any atom is -0.368 e. The summed E-state index contributed by atoms with van der Waals surface area (Å²) in [7, 11) is 0. The second-order valence-corrected chi connectivity index (χ2v) is 9.48. The number of rotatable bonds is 6. The summed E-state index contributed by atoms with van der Waals surface area (Å²) in [6, 6.07) is 5.22. The second kappa shape index (κ2) is 16.9. The van der Waals surface area contributed by atoms with Crippen LogP contribution in [0.4, 0.5) is 0 Å². The maximum atomic E-state index is 12.9. The molecule has 16 heteroatoms. The topological polar surface area (TPSA) is 247 Å². The van der Waals surface area contributed by atoms with Gasteiger partial charge in [0.1, 0.15) is 18.1 Å². The van der Waals surface area contributed by atoms with E-state index in [4.69, 9.17) is 5.73 Å². The molecular weight excluding hydrogens is 552 g/mol. The van der Waals surface area contributed by atoms with E-state index in [2.05, 4.69) is 37.2 Å². The monoisotopic (exact) mass is 588 g/mol. The first kappa shape index (κ1) is 33.2. The van der Waals surface area contributed by atoms with Crippen LogP contribution in [0.2, 0.25) is 0 Å². The van der Waals surface area contributed by atoms with Crippen LogP contribution in [0.25, 0.3) is 0 Å². The largest absolute Gasteiger partial charge is 0.368 e. The molecule has 0 spiro atoms. The summed E-state index contributed by atoms with van der Waals surface area (Å²) < 4.78 is 0. The number of amides is 8. The lowest BCUT2D eigenvalue weighted by molar-refractivity contribution is -0.132. The molecule has 1 aliphatic rings. The molecule has 9 N–H and O–H groups in total. The van der Waals surface area contributed by atoms with Gasteiger partial charge in [0.05, 0.1) is 19.6 Å². The molecule has 0 aromatic heterocycles. The predicted octanol–water partition coefficient (Wildman–Crippen LogP) is -4.16. The molecule has 1 saturated heterocycles. The molecule has 3 atom stereocenters. The minimum absolute atomic E-state index is 0.0508. The number of hydrogen-bond acceptors (Lipinski definition) is 8. The number of hydrogen-bond donors (Lipinski definition) is 8. The van der Waals surface area contributed by atoms with E-state index in [9.17, 15) is 38.4 Å². The highest BCUT2D eigenvalue weighted by molar-refractivity contribution is 5.95. The first-order chi connectivity index (χ1) is 19.9. The molecule has 0 radical (unpaired) electrons. The Morgan fingerprint density at radius 2 is 1.50 bits per heavy atom. The van der Waals surface area contributed by atoms with Gasteiger partial charge >= 0.3 is 0 Å². The van der Waals surface area contributed by atoms with Gasteiger partial charge in [-0.1, -0.05) is 30.3 Å². The summed E-state index contributed by atoms with van der Waals surface area (Å²) in [5, 5.41) is 16.9. The fourth-order valence-electron chi connectivity index (χ4n) is 3.86. The Labute approximate surface area is 241 Å². The van der Waals surface area contributed by atoms with Gasteiger partial charge < -0.3 is 43.0 Å². The van der Waals surface area contributed by atoms with E-state index < -0.39 is 85.0 Å². The van der Waals surface area contributed by atoms with Gasteiger partial charge in [0.2, 0.25) is 47.3 Å². The Morgan fingerprint density at radius 3 is 2.14 bits per heavy atom. The highest BCUT2D eigenvalue weighted by Gasteiger charge is 2.26. The standard InChI is InChI=1S/C26H36N8O8/c1-15(35)29-12-21(37)33-18-7-8-20(36)28-10-9-17(24(27)40)32-22(38)13-31-26(42)19(11-16-5-3-2-4-6-16)34-23(39)14-30-25(18)41/h2-6,17-19H,7-14H2,1H3,(H2,27,40)(H,28,36)(H,29,35)(H,30,41)(H,31,42)(H,32,38)(H,33,37)(H,34,39)/t17-,18-,19+/m0/s1. The van der Waals surface area contributed by atoms with Gasteiger partial charge in [-0.2, -0.15) is 0 Å². The zero-order chi connectivity index (χ0) is 31.1. The normalized spacial score (nSPS) is 21.5. The van der Waals surface area contributed by atoms with Gasteiger partial charge in [-0.3, -0.25) is 38.4 Å². The molecule has 1 aliphatic heterocycles. The molecule has 42 heavy (non-hydrogen) atoms. The summed E-state index contributed by atoms with van der Waals surface area (Å²) >= 11 is 0. The lowest BCUT2D eigenvalue weighted by Gasteiger charge is -2.20. The van der Waals surface area contributed by atoms with Crippen LogP contribution in [0, 0.1) is 0 Å². The van der Waals surface area contributed by atoms with Crippen molar-refractivity contribution in [3.05, 3.63) is 35.9 Å². The number of carbonyl (C=O) groups excluding carboxylic acids is 8. The minimum atomic E-state index is -1.24. The lowest BCUT2D eigenvalue weighted by atomic mass is 10.1. The smallest absolute Gasteiger partial charge is 0.243 e. The first-order valence-corrected chi connectivity index (χ1v) is 13.2. The SMILES string of the molecule is CC(=O)NCC(=O)N[C@H]1CCC(=O)NCC[C@@H](C(N)=O)NC(=O)CNC(=O)[C@@H](Cc2ccccc2)NC(=O)CNC1=O. The molecule has 1 aromatic carbocycles. The summed E-state index contributed by atoms with van der Waals surface area (Å²) in [5.74, 6) is -5.48. The van der Waals surface area contributed by atoms with Crippen LogP contribution in [-0.4, -0.2) is 91.6 Å². The summed E-state index contributed by atoms with van der Waals surface area (Å²) in [5.41, 5.74) is 6.07. The van der Waals surface area contributed by atoms with E-state index in [0.29, 0.717) is 5.56 Å². The summed E-state index contributed by atoms with van der Waals surface area (Å²) in [6.45, 7) is -0.346. The zero-order valence-corrected chi connectivity index (χ0v) is 23.1. The van der Waals surface area contributed by atoms with Crippen molar-refractivity contribution in [3.63, 3.8) is 0 Å². The van der Waals surface area contributed by atoms with Crippen molar-refractivity contribution in [2.45, 2.75) is 50.7 Å². The molecule has 1 heterocycles. The molecular formula is C26H36N8O8. The first-order valence-electron chi connectivity index (χ1n) is 13.2. The predicted molar refractivity (Wildman–Crippen MR) is 147 cm³/mol. The molecule has 16 nitrogen and oxygen atoms in total. The average Bonchev–Trinajstić information content (AvgIpc) is 2.94. The Morgan fingerprint density at radius 1 is 0.857 bits per heavy atom. The molecule has 0 bridgehead atoms. The number of primary amides is 1. The van der Waals surface area contributed by atoms with Crippen LogP contribution in [0.1, 0.15) is 31.7 Å². The number of nitrogens with one attached hydrogen (secondary N) is 7. The van der Waals surface area contributed by atoms with E-state index in [1.807, 2.05) is 0 Å². The molecule has 8 amide bonds. The third-order valence-electron chi connectivity index (χ3n) is 6.02. The van der Waals surface area contributed by atoms with Crippen LogP contribution in [0.5, 0.6) is 0 Å². The van der Waals surface area contributed by atoms with E-state index in [1.165, 1.54) is 6.92 Å². The highest BCUT2D eigenvalue weighted by atomic mass is 16.2. The maximum absolute atomic E-state index is 12.9. The Balaban J connectivity index is 2.23. The van der Waals surface area contributed by atoms with Crippen molar-refractivity contribution in [1.82, 2.24) is 37.2 Å². The van der Waals surface area contributed by atoms with Crippen LogP contribution in [0.3, 0.4) is 0 Å². The second-order valence-electron chi connectivity index (χ2n) is 9.48. The van der Waals surface area contributed by atoms with Crippen molar-refractivity contribution >= 4 is 47.3 Å². The van der Waals surface area contributed by atoms with Crippen molar-refractivity contribution in [2.75, 3.05) is 26.2 Å². The highest BCUT2D eigenvalue weighted by Crippen LogP contribution is 2.04. The van der Waals surface area contributed by atoms with E-state index in [-0.39, 0.29) is 32.2 Å². The molecule has 0 aliphatic carbocycles. The molecule has 0 saturated carbocycles. The van der Waals surface area contributed by atoms with Crippen molar-refractivity contribution < 1.29 is 38.4 Å². The Bertz CT molecular complexity index is 1180. The molecule has 0 unspecified atom stereocenters. The fraction of sp³-hybridized carbons (Fsp3) is 0.462. The van der Waals surface area contributed by atoms with E-state index in [1.54, 1.807) is 30.3 Å². The molecule has 1 fully saturated rings. The van der Waals surface area contributed by atoms with Crippen LogP contribution >= 0.6 is 0 Å². The number of nitrogens with two attached hydrogens (primary N) is 1. The molecule has 2 rings (SSSR count). The summed E-state index contributed by atoms with van der Waals surface area (Å²) in [6.07, 6.45) is -0.381.